The molecule has 25 heavy (non-hydrogen) atoms. The Morgan fingerprint density at radius 3 is 2.84 bits per heavy atom. The van der Waals surface area contributed by atoms with Gasteiger partial charge in [-0.15, -0.1) is 0 Å². The molecule has 1 heterocycles. The molecule has 0 saturated carbocycles. The minimum Gasteiger partial charge on any atom is -0.397 e. The van der Waals surface area contributed by atoms with Gasteiger partial charge in [0.2, 0.25) is 0 Å². The van der Waals surface area contributed by atoms with Gasteiger partial charge in [-0.3, -0.25) is 4.79 Å². The number of aryl methyl sites for hydroxylation is 1. The molecular weight excluding hydrogens is 378 g/mol. The fourth-order valence-electron chi connectivity index (χ4n) is 3.40. The second-order valence-electron chi connectivity index (χ2n) is 6.88. The van der Waals surface area contributed by atoms with Crippen LogP contribution in [0.1, 0.15) is 35.7 Å². The summed E-state index contributed by atoms with van der Waals surface area (Å²) in [5, 5.41) is 2.96. The molecule has 0 spiro atoms. The summed E-state index contributed by atoms with van der Waals surface area (Å²) in [5.74, 6) is 0.528. The number of piperidine rings is 1. The Morgan fingerprint density at radius 1 is 1.32 bits per heavy atom. The van der Waals surface area contributed by atoms with Crippen molar-refractivity contribution in [2.24, 2.45) is 5.92 Å². The van der Waals surface area contributed by atoms with Gasteiger partial charge in [0.15, 0.2) is 0 Å². The maximum Gasteiger partial charge on any atom is 0.255 e. The van der Waals surface area contributed by atoms with E-state index in [1.807, 2.05) is 24.3 Å². The van der Waals surface area contributed by atoms with Gasteiger partial charge in [0, 0.05) is 28.8 Å². The number of nitrogens with zero attached hydrogens (tertiary/aromatic N) is 1. The first-order chi connectivity index (χ1) is 11.9. The van der Waals surface area contributed by atoms with Crippen LogP contribution in [0.3, 0.4) is 0 Å². The van der Waals surface area contributed by atoms with E-state index < -0.39 is 0 Å². The van der Waals surface area contributed by atoms with Crippen LogP contribution < -0.4 is 16.0 Å². The van der Waals surface area contributed by atoms with Crippen LogP contribution >= 0.6 is 15.9 Å². The zero-order valence-electron chi connectivity index (χ0n) is 14.7. The van der Waals surface area contributed by atoms with E-state index in [9.17, 15) is 4.79 Å². The average Bonchev–Trinajstić information content (AvgIpc) is 2.57. The number of nitrogen functional groups attached to an aromatic ring is 1. The molecule has 1 aliphatic rings. The molecular formula is C20H24BrN3O. The number of hydrogen-bond acceptors (Lipinski definition) is 3. The van der Waals surface area contributed by atoms with Crippen LogP contribution in [-0.2, 0) is 0 Å². The number of hydrogen-bond donors (Lipinski definition) is 2. The first-order valence-corrected chi connectivity index (χ1v) is 9.45. The van der Waals surface area contributed by atoms with Crippen molar-refractivity contribution in [1.82, 2.24) is 0 Å². The maximum absolute atomic E-state index is 12.5. The minimum atomic E-state index is -0.158. The summed E-state index contributed by atoms with van der Waals surface area (Å²) in [6.07, 6.45) is 2.47. The number of nitrogens with one attached hydrogen (secondary N) is 1. The Hall–Kier alpha value is -2.01. The fraction of sp³-hybridized carbons (Fsp3) is 0.350. The highest BCUT2D eigenvalue weighted by atomic mass is 79.9. The first kappa shape index (κ1) is 17.8. The van der Waals surface area contributed by atoms with Crippen molar-refractivity contribution < 1.29 is 4.79 Å². The van der Waals surface area contributed by atoms with Crippen molar-refractivity contribution in [2.45, 2.75) is 26.7 Å². The number of anilines is 3. The molecule has 0 radical (unpaired) electrons. The molecule has 1 saturated heterocycles. The second kappa shape index (κ2) is 7.48. The summed E-state index contributed by atoms with van der Waals surface area (Å²) < 4.78 is 0.875. The van der Waals surface area contributed by atoms with Crippen molar-refractivity contribution in [2.75, 3.05) is 29.0 Å². The lowest BCUT2D eigenvalue weighted by Crippen LogP contribution is -2.34. The summed E-state index contributed by atoms with van der Waals surface area (Å²) in [5.41, 5.74) is 10.3. The normalized spacial score (nSPS) is 17.4. The van der Waals surface area contributed by atoms with Gasteiger partial charge < -0.3 is 16.0 Å². The lowest BCUT2D eigenvalue weighted by molar-refractivity contribution is 0.102. The quantitative estimate of drug-likeness (QED) is 0.724. The standard InChI is InChI=1S/C20H24BrN3O/c1-13-5-4-8-24(12-13)19-11-18(17(22)9-14(19)2)23-20(25)15-6-3-7-16(21)10-15/h3,6-7,9-11,13H,4-5,8,12,22H2,1-2H3,(H,23,25)/t13-/m0/s1. The molecule has 0 bridgehead atoms. The lowest BCUT2D eigenvalue weighted by Gasteiger charge is -2.34. The van der Waals surface area contributed by atoms with E-state index in [1.54, 1.807) is 12.1 Å². The molecule has 1 fully saturated rings. The number of amides is 1. The summed E-state index contributed by atoms with van der Waals surface area (Å²) in [6.45, 7) is 6.46. The van der Waals surface area contributed by atoms with Crippen LogP contribution in [0, 0.1) is 12.8 Å². The van der Waals surface area contributed by atoms with Gasteiger partial charge in [-0.25, -0.2) is 0 Å². The average molecular weight is 402 g/mol. The molecule has 5 heteroatoms. The van der Waals surface area contributed by atoms with Crippen LogP contribution in [0.5, 0.6) is 0 Å². The predicted octanol–water partition coefficient (Wildman–Crippen LogP) is 4.83. The van der Waals surface area contributed by atoms with E-state index in [-0.39, 0.29) is 5.91 Å². The van der Waals surface area contributed by atoms with Gasteiger partial charge in [-0.05, 0) is 61.6 Å². The maximum atomic E-state index is 12.5. The number of carbonyl (C=O) groups is 1. The number of benzene rings is 2. The van der Waals surface area contributed by atoms with Crippen molar-refractivity contribution in [3.63, 3.8) is 0 Å². The van der Waals surface area contributed by atoms with Crippen LogP contribution in [0.15, 0.2) is 40.9 Å². The molecule has 3 rings (SSSR count). The van der Waals surface area contributed by atoms with Crippen LogP contribution in [0.2, 0.25) is 0 Å². The zero-order chi connectivity index (χ0) is 18.0. The largest absolute Gasteiger partial charge is 0.397 e. The molecule has 0 aliphatic carbocycles. The molecule has 1 aliphatic heterocycles. The third-order valence-corrected chi connectivity index (χ3v) is 5.19. The van der Waals surface area contributed by atoms with E-state index in [4.69, 9.17) is 5.73 Å². The summed E-state index contributed by atoms with van der Waals surface area (Å²) in [7, 11) is 0. The van der Waals surface area contributed by atoms with Crippen LogP contribution in [-0.4, -0.2) is 19.0 Å². The first-order valence-electron chi connectivity index (χ1n) is 8.66. The topological polar surface area (TPSA) is 58.4 Å². The van der Waals surface area contributed by atoms with E-state index in [0.29, 0.717) is 22.9 Å². The van der Waals surface area contributed by atoms with Gasteiger partial charge in [-0.1, -0.05) is 28.9 Å². The van der Waals surface area contributed by atoms with E-state index >= 15 is 0 Å². The predicted molar refractivity (Wildman–Crippen MR) is 108 cm³/mol. The molecule has 4 nitrogen and oxygen atoms in total. The molecule has 0 unspecified atom stereocenters. The van der Waals surface area contributed by atoms with E-state index in [1.165, 1.54) is 12.8 Å². The Bertz CT molecular complexity index is 791. The highest BCUT2D eigenvalue weighted by Gasteiger charge is 2.19. The summed E-state index contributed by atoms with van der Waals surface area (Å²) in [4.78, 5) is 14.9. The minimum absolute atomic E-state index is 0.158. The molecule has 1 atom stereocenters. The Balaban J connectivity index is 1.86. The van der Waals surface area contributed by atoms with Crippen molar-refractivity contribution in [3.8, 4) is 0 Å². The van der Waals surface area contributed by atoms with Crippen molar-refractivity contribution >= 4 is 38.9 Å². The highest BCUT2D eigenvalue weighted by molar-refractivity contribution is 9.10. The molecule has 0 aromatic heterocycles. The highest BCUT2D eigenvalue weighted by Crippen LogP contribution is 2.32. The number of halogens is 1. The Kier molecular flexibility index (Phi) is 5.33. The van der Waals surface area contributed by atoms with Gasteiger partial charge >= 0.3 is 0 Å². The second-order valence-corrected chi connectivity index (χ2v) is 7.80. The van der Waals surface area contributed by atoms with Crippen LogP contribution in [0.4, 0.5) is 17.1 Å². The lowest BCUT2D eigenvalue weighted by atomic mass is 9.98. The third-order valence-electron chi connectivity index (χ3n) is 4.70. The number of carbonyl (C=O) groups excluding carboxylic acids is 1. The molecule has 132 valence electrons. The third kappa shape index (κ3) is 4.15. The molecule has 2 aromatic rings. The van der Waals surface area contributed by atoms with E-state index in [2.05, 4.69) is 40.0 Å². The van der Waals surface area contributed by atoms with Crippen molar-refractivity contribution in [3.05, 3.63) is 52.0 Å². The van der Waals surface area contributed by atoms with Crippen molar-refractivity contribution in [1.29, 1.82) is 0 Å². The van der Waals surface area contributed by atoms with Gasteiger partial charge in [0.1, 0.15) is 0 Å². The molecule has 1 amide bonds. The van der Waals surface area contributed by atoms with E-state index in [0.717, 1.165) is 28.8 Å². The van der Waals surface area contributed by atoms with Gasteiger partial charge in [0.05, 0.1) is 11.4 Å². The van der Waals surface area contributed by atoms with Crippen LogP contribution in [0.25, 0.3) is 0 Å². The fourth-order valence-corrected chi connectivity index (χ4v) is 3.80. The van der Waals surface area contributed by atoms with Gasteiger partial charge in [-0.2, -0.15) is 0 Å². The SMILES string of the molecule is Cc1cc(N)c(NC(=O)c2cccc(Br)c2)cc1N1CCC[C@H](C)C1. The Morgan fingerprint density at radius 2 is 2.12 bits per heavy atom. The van der Waals surface area contributed by atoms with Gasteiger partial charge in [0.25, 0.3) is 5.91 Å². The smallest absolute Gasteiger partial charge is 0.255 e. The zero-order valence-corrected chi connectivity index (χ0v) is 16.3. The summed E-state index contributed by atoms with van der Waals surface area (Å²) >= 11 is 3.40. The molecule has 3 N–H and O–H groups in total. The summed E-state index contributed by atoms with van der Waals surface area (Å²) in [6, 6.07) is 11.3. The Labute approximate surface area is 157 Å². The monoisotopic (exact) mass is 401 g/mol. The number of nitrogens with two attached hydrogens (primary N) is 1. The number of rotatable bonds is 3. The molecule has 2 aromatic carbocycles.